The number of hydrogen-bond acceptors (Lipinski definition) is 6. The molecule has 0 aromatic heterocycles. The summed E-state index contributed by atoms with van der Waals surface area (Å²) in [7, 11) is -3.43. The Kier molecular flexibility index (Phi) is 7.02. The molecular formula is C23H24FN3O3S. The minimum Gasteiger partial charge on any atom is -0.494 e. The van der Waals surface area contributed by atoms with Crippen LogP contribution >= 0.6 is 0 Å². The van der Waals surface area contributed by atoms with Crippen molar-refractivity contribution in [2.24, 2.45) is 10.2 Å². The minimum atomic E-state index is -4.85. The normalized spacial score (nSPS) is 11.6. The van der Waals surface area contributed by atoms with Gasteiger partial charge in [-0.1, -0.05) is 30.3 Å². The number of anilines is 1. The lowest BCUT2D eigenvalue weighted by atomic mass is 10.1. The van der Waals surface area contributed by atoms with Crippen molar-refractivity contribution in [3.05, 3.63) is 77.9 Å². The number of halogens is 1. The van der Waals surface area contributed by atoms with E-state index >= 15 is 0 Å². The molecule has 31 heavy (non-hydrogen) atoms. The summed E-state index contributed by atoms with van der Waals surface area (Å²) in [6.45, 7) is 5.66. The number of ether oxygens (including phenoxy) is 1. The van der Waals surface area contributed by atoms with Crippen molar-refractivity contribution in [3.63, 3.8) is 0 Å². The predicted octanol–water partition coefficient (Wildman–Crippen LogP) is 6.10. The lowest BCUT2D eigenvalue weighted by molar-refractivity contribution is 0.415. The molecule has 0 aliphatic carbocycles. The fraction of sp³-hybridized carbons (Fsp3) is 0.217. The smallest absolute Gasteiger partial charge is 0.332 e. The van der Waals surface area contributed by atoms with Gasteiger partial charge in [-0.05, 0) is 61.4 Å². The van der Waals surface area contributed by atoms with Crippen molar-refractivity contribution in [1.29, 1.82) is 0 Å². The van der Waals surface area contributed by atoms with Crippen LogP contribution in [0.4, 0.5) is 20.9 Å². The molecule has 162 valence electrons. The molecule has 0 heterocycles. The molecule has 0 amide bonds. The number of methoxy groups -OCH3 is 1. The summed E-state index contributed by atoms with van der Waals surface area (Å²) < 4.78 is 40.9. The number of rotatable bonds is 8. The highest BCUT2D eigenvalue weighted by Gasteiger charge is 2.15. The summed E-state index contributed by atoms with van der Waals surface area (Å²) in [5, 5.41) is 8.33. The number of azo groups is 1. The average molecular weight is 442 g/mol. The quantitative estimate of drug-likeness (QED) is 0.313. The van der Waals surface area contributed by atoms with Crippen molar-refractivity contribution in [2.75, 3.05) is 18.6 Å². The number of benzene rings is 3. The second-order valence-corrected chi connectivity index (χ2v) is 8.29. The molecule has 0 saturated heterocycles. The van der Waals surface area contributed by atoms with Crippen LogP contribution in [0.1, 0.15) is 18.1 Å². The van der Waals surface area contributed by atoms with Gasteiger partial charge in [-0.15, -0.1) is 9.00 Å². The zero-order valence-electron chi connectivity index (χ0n) is 17.6. The van der Waals surface area contributed by atoms with E-state index < -0.39 is 15.1 Å². The standard InChI is InChI=1S/C23H24FN3O3S/c1-4-27(16-18-8-6-5-7-9-18)19-10-12-21(17(2)14-19)25-26-22-15-20(31(24,28)29)11-13-23(22)30-3/h5-15H,4,16H2,1-3H3/b26-25+. The molecule has 0 saturated carbocycles. The van der Waals surface area contributed by atoms with Gasteiger partial charge in [-0.3, -0.25) is 0 Å². The number of nitrogens with zero attached hydrogens (tertiary/aromatic N) is 3. The minimum absolute atomic E-state index is 0.129. The van der Waals surface area contributed by atoms with Crippen LogP contribution in [0.5, 0.6) is 5.75 Å². The molecule has 3 aromatic carbocycles. The predicted molar refractivity (Wildman–Crippen MR) is 120 cm³/mol. The van der Waals surface area contributed by atoms with Gasteiger partial charge in [0.1, 0.15) is 16.3 Å². The molecule has 0 bridgehead atoms. The van der Waals surface area contributed by atoms with Crippen LogP contribution in [-0.4, -0.2) is 22.1 Å². The van der Waals surface area contributed by atoms with Crippen molar-refractivity contribution in [3.8, 4) is 5.75 Å². The first-order valence-corrected chi connectivity index (χ1v) is 11.1. The fourth-order valence-corrected chi connectivity index (χ4v) is 3.63. The van der Waals surface area contributed by atoms with E-state index in [0.717, 1.165) is 36.5 Å². The van der Waals surface area contributed by atoms with Gasteiger partial charge in [0, 0.05) is 18.8 Å². The third-order valence-electron chi connectivity index (χ3n) is 4.84. The third-order valence-corrected chi connectivity index (χ3v) is 5.66. The van der Waals surface area contributed by atoms with Crippen molar-refractivity contribution < 1.29 is 17.0 Å². The summed E-state index contributed by atoms with van der Waals surface area (Å²) in [5.41, 5.74) is 3.94. The zero-order chi connectivity index (χ0) is 22.4. The molecule has 0 aliphatic rings. The molecule has 0 aliphatic heterocycles. The maximum atomic E-state index is 13.3. The Hall–Kier alpha value is -3.26. The van der Waals surface area contributed by atoms with Crippen molar-refractivity contribution >= 4 is 27.3 Å². The largest absolute Gasteiger partial charge is 0.494 e. The van der Waals surface area contributed by atoms with Gasteiger partial charge in [-0.2, -0.15) is 13.5 Å². The Balaban J connectivity index is 1.86. The van der Waals surface area contributed by atoms with Crippen molar-refractivity contribution in [2.45, 2.75) is 25.3 Å². The number of aryl methyl sites for hydroxylation is 1. The van der Waals surface area contributed by atoms with E-state index in [1.807, 2.05) is 43.3 Å². The van der Waals surface area contributed by atoms with Crippen LogP contribution < -0.4 is 9.64 Å². The van der Waals surface area contributed by atoms with Crippen LogP contribution in [-0.2, 0) is 16.8 Å². The molecule has 0 N–H and O–H groups in total. The van der Waals surface area contributed by atoms with E-state index in [4.69, 9.17) is 4.74 Å². The van der Waals surface area contributed by atoms with E-state index in [0.29, 0.717) is 11.4 Å². The highest BCUT2D eigenvalue weighted by molar-refractivity contribution is 7.86. The highest BCUT2D eigenvalue weighted by Crippen LogP contribution is 2.33. The van der Waals surface area contributed by atoms with Gasteiger partial charge in [0.15, 0.2) is 0 Å². The monoisotopic (exact) mass is 441 g/mol. The summed E-state index contributed by atoms with van der Waals surface area (Å²) in [6, 6.07) is 19.6. The maximum absolute atomic E-state index is 13.3. The topological polar surface area (TPSA) is 71.3 Å². The summed E-state index contributed by atoms with van der Waals surface area (Å²) in [5.74, 6) is 0.297. The van der Waals surface area contributed by atoms with Gasteiger partial charge < -0.3 is 9.64 Å². The molecule has 6 nitrogen and oxygen atoms in total. The Bertz CT molecular complexity index is 1180. The average Bonchev–Trinajstić information content (AvgIpc) is 2.76. The molecule has 8 heteroatoms. The van der Waals surface area contributed by atoms with Gasteiger partial charge in [-0.25, -0.2) is 0 Å². The van der Waals surface area contributed by atoms with Crippen LogP contribution in [0, 0.1) is 6.92 Å². The molecule has 0 atom stereocenters. The summed E-state index contributed by atoms with van der Waals surface area (Å²) >= 11 is 0. The first-order valence-electron chi connectivity index (χ1n) is 9.75. The summed E-state index contributed by atoms with van der Waals surface area (Å²) in [6.07, 6.45) is 0. The van der Waals surface area contributed by atoms with Crippen LogP contribution in [0.3, 0.4) is 0 Å². The molecule has 3 rings (SSSR count). The van der Waals surface area contributed by atoms with Crippen LogP contribution in [0.2, 0.25) is 0 Å². The van der Waals surface area contributed by atoms with E-state index in [1.165, 1.54) is 18.7 Å². The van der Waals surface area contributed by atoms with Gasteiger partial charge in [0.2, 0.25) is 0 Å². The van der Waals surface area contributed by atoms with E-state index in [-0.39, 0.29) is 5.69 Å². The zero-order valence-corrected chi connectivity index (χ0v) is 18.4. The first kappa shape index (κ1) is 22.4. The molecule has 0 unspecified atom stereocenters. The van der Waals surface area contributed by atoms with E-state index in [2.05, 4.69) is 34.2 Å². The molecule has 0 spiro atoms. The molecule has 0 fully saturated rings. The van der Waals surface area contributed by atoms with Gasteiger partial charge in [0.05, 0.1) is 12.8 Å². The molecule has 3 aromatic rings. The number of hydrogen-bond donors (Lipinski definition) is 0. The van der Waals surface area contributed by atoms with Crippen LogP contribution in [0.15, 0.2) is 81.9 Å². The Morgan fingerprint density at radius 1 is 0.968 bits per heavy atom. The first-order chi connectivity index (χ1) is 14.8. The van der Waals surface area contributed by atoms with Crippen molar-refractivity contribution in [1.82, 2.24) is 0 Å². The molecular weight excluding hydrogens is 417 g/mol. The lowest BCUT2D eigenvalue weighted by Gasteiger charge is -2.24. The highest BCUT2D eigenvalue weighted by atomic mass is 32.3. The Labute approximate surface area is 182 Å². The molecule has 0 radical (unpaired) electrons. The SMILES string of the molecule is CCN(Cc1ccccc1)c1ccc(/N=N/c2cc(S(=O)(=O)F)ccc2OC)c(C)c1. The Morgan fingerprint density at radius 3 is 2.29 bits per heavy atom. The summed E-state index contributed by atoms with van der Waals surface area (Å²) in [4.78, 5) is 1.76. The van der Waals surface area contributed by atoms with Gasteiger partial charge in [0.25, 0.3) is 0 Å². The second-order valence-electron chi connectivity index (χ2n) is 6.94. The maximum Gasteiger partial charge on any atom is 0.332 e. The van der Waals surface area contributed by atoms with Gasteiger partial charge >= 0.3 is 10.2 Å². The van der Waals surface area contributed by atoms with E-state index in [1.54, 1.807) is 0 Å². The third kappa shape index (κ3) is 5.67. The fourth-order valence-electron chi connectivity index (χ4n) is 3.15. The van der Waals surface area contributed by atoms with E-state index in [9.17, 15) is 12.3 Å². The second kappa shape index (κ2) is 9.70. The Morgan fingerprint density at radius 2 is 1.68 bits per heavy atom. The lowest BCUT2D eigenvalue weighted by Crippen LogP contribution is -2.21. The van der Waals surface area contributed by atoms with Crippen LogP contribution in [0.25, 0.3) is 0 Å².